The van der Waals surface area contributed by atoms with Crippen LogP contribution >= 0.6 is 0 Å². The molecule has 26 heavy (non-hydrogen) atoms. The number of benzene rings is 1. The number of urea groups is 1. The van der Waals surface area contributed by atoms with Gasteiger partial charge < -0.3 is 29.2 Å². The zero-order valence-electron chi connectivity index (χ0n) is 16.0. The number of hydrogen-bond donors (Lipinski definition) is 1. The molecule has 1 heterocycles. The fraction of sp³-hybridized carbons (Fsp3) is 0.611. The summed E-state index contributed by atoms with van der Waals surface area (Å²) in [4.78, 5) is 16.7. The van der Waals surface area contributed by atoms with Crippen LogP contribution in [0.5, 0.6) is 17.2 Å². The SMILES string of the molecule is COCCCN1CCN(C(=O)Nc2cc(OC)c(OC)c(OC)c2)CC1. The van der Waals surface area contributed by atoms with E-state index >= 15 is 0 Å². The summed E-state index contributed by atoms with van der Waals surface area (Å²) < 4.78 is 21.0. The van der Waals surface area contributed by atoms with Gasteiger partial charge in [-0.25, -0.2) is 4.79 Å². The van der Waals surface area contributed by atoms with Crippen LogP contribution in [0.2, 0.25) is 0 Å². The lowest BCUT2D eigenvalue weighted by molar-refractivity contribution is 0.130. The molecule has 1 aliphatic rings. The van der Waals surface area contributed by atoms with Crippen LogP contribution < -0.4 is 19.5 Å². The van der Waals surface area contributed by atoms with Gasteiger partial charge in [0, 0.05) is 58.6 Å². The van der Waals surface area contributed by atoms with E-state index in [1.54, 1.807) is 40.6 Å². The summed E-state index contributed by atoms with van der Waals surface area (Å²) in [6, 6.07) is 3.32. The summed E-state index contributed by atoms with van der Waals surface area (Å²) in [5.41, 5.74) is 0.604. The van der Waals surface area contributed by atoms with E-state index in [0.29, 0.717) is 36.0 Å². The lowest BCUT2D eigenvalue weighted by atomic mass is 10.2. The highest BCUT2D eigenvalue weighted by Crippen LogP contribution is 2.39. The van der Waals surface area contributed by atoms with E-state index in [0.717, 1.165) is 32.7 Å². The van der Waals surface area contributed by atoms with Crippen molar-refractivity contribution in [2.24, 2.45) is 0 Å². The van der Waals surface area contributed by atoms with E-state index in [2.05, 4.69) is 10.2 Å². The van der Waals surface area contributed by atoms with Gasteiger partial charge in [0.05, 0.1) is 27.0 Å². The molecule has 1 saturated heterocycles. The van der Waals surface area contributed by atoms with Crippen LogP contribution in [0.25, 0.3) is 0 Å². The van der Waals surface area contributed by atoms with E-state index in [9.17, 15) is 4.79 Å². The maximum absolute atomic E-state index is 12.6. The lowest BCUT2D eigenvalue weighted by Crippen LogP contribution is -2.50. The molecule has 0 spiro atoms. The fourth-order valence-electron chi connectivity index (χ4n) is 2.96. The standard InChI is InChI=1S/C18H29N3O5/c1-23-11-5-6-20-7-9-21(10-8-20)18(22)19-14-12-15(24-2)17(26-4)16(13-14)25-3/h12-13H,5-11H2,1-4H3,(H,19,22). The van der Waals surface area contributed by atoms with Crippen molar-refractivity contribution in [3.63, 3.8) is 0 Å². The van der Waals surface area contributed by atoms with Gasteiger partial charge in [-0.15, -0.1) is 0 Å². The van der Waals surface area contributed by atoms with E-state index in [4.69, 9.17) is 18.9 Å². The Bertz CT molecular complexity index is 563. The number of carbonyl (C=O) groups excluding carboxylic acids is 1. The zero-order chi connectivity index (χ0) is 18.9. The molecule has 1 N–H and O–H groups in total. The Morgan fingerprint density at radius 2 is 1.62 bits per heavy atom. The van der Waals surface area contributed by atoms with E-state index in [1.165, 1.54) is 0 Å². The largest absolute Gasteiger partial charge is 0.493 e. The summed E-state index contributed by atoms with van der Waals surface area (Å²) in [5, 5.41) is 2.91. The van der Waals surface area contributed by atoms with Gasteiger partial charge in [0.1, 0.15) is 0 Å². The van der Waals surface area contributed by atoms with E-state index in [-0.39, 0.29) is 6.03 Å². The first-order valence-corrected chi connectivity index (χ1v) is 8.70. The van der Waals surface area contributed by atoms with Crippen LogP contribution in [-0.2, 0) is 4.74 Å². The van der Waals surface area contributed by atoms with Crippen molar-refractivity contribution < 1.29 is 23.7 Å². The predicted octanol–water partition coefficient (Wildman–Crippen LogP) is 1.90. The van der Waals surface area contributed by atoms with Gasteiger partial charge in [0.15, 0.2) is 11.5 Å². The average molecular weight is 367 g/mol. The second kappa shape index (κ2) is 10.1. The van der Waals surface area contributed by atoms with Crippen LogP contribution in [0.15, 0.2) is 12.1 Å². The third kappa shape index (κ3) is 5.15. The fourth-order valence-corrected chi connectivity index (χ4v) is 2.96. The molecule has 0 aliphatic carbocycles. The number of piperazine rings is 1. The molecule has 146 valence electrons. The van der Waals surface area contributed by atoms with Crippen molar-refractivity contribution in [1.82, 2.24) is 9.80 Å². The topological polar surface area (TPSA) is 72.5 Å². The van der Waals surface area contributed by atoms with Gasteiger partial charge in [-0.3, -0.25) is 4.90 Å². The van der Waals surface area contributed by atoms with Crippen molar-refractivity contribution in [3.8, 4) is 17.2 Å². The number of hydrogen-bond acceptors (Lipinski definition) is 6. The number of carbonyl (C=O) groups is 1. The number of methoxy groups -OCH3 is 4. The predicted molar refractivity (Wildman–Crippen MR) is 99.6 cm³/mol. The van der Waals surface area contributed by atoms with E-state index < -0.39 is 0 Å². The first-order valence-electron chi connectivity index (χ1n) is 8.70. The van der Waals surface area contributed by atoms with Crippen molar-refractivity contribution in [1.29, 1.82) is 0 Å². The van der Waals surface area contributed by atoms with Crippen LogP contribution in [0, 0.1) is 0 Å². The first kappa shape index (κ1) is 20.1. The molecule has 0 aromatic heterocycles. The Morgan fingerprint density at radius 1 is 1.00 bits per heavy atom. The summed E-state index contributed by atoms with van der Waals surface area (Å²) in [6.07, 6.45) is 1.01. The van der Waals surface area contributed by atoms with Gasteiger partial charge in [0.25, 0.3) is 0 Å². The lowest BCUT2D eigenvalue weighted by Gasteiger charge is -2.34. The van der Waals surface area contributed by atoms with Gasteiger partial charge in [-0.2, -0.15) is 0 Å². The summed E-state index contributed by atoms with van der Waals surface area (Å²) >= 11 is 0. The zero-order valence-corrected chi connectivity index (χ0v) is 16.0. The van der Waals surface area contributed by atoms with Crippen LogP contribution in [-0.4, -0.2) is 83.6 Å². The molecule has 2 amide bonds. The minimum atomic E-state index is -0.129. The Morgan fingerprint density at radius 3 is 2.12 bits per heavy atom. The minimum absolute atomic E-state index is 0.129. The second-order valence-corrected chi connectivity index (χ2v) is 6.02. The number of anilines is 1. The third-order valence-corrected chi connectivity index (χ3v) is 4.40. The van der Waals surface area contributed by atoms with Crippen molar-refractivity contribution in [2.45, 2.75) is 6.42 Å². The van der Waals surface area contributed by atoms with Gasteiger partial charge in [0.2, 0.25) is 5.75 Å². The Kier molecular flexibility index (Phi) is 7.80. The quantitative estimate of drug-likeness (QED) is 0.708. The molecule has 2 rings (SSSR count). The number of ether oxygens (including phenoxy) is 4. The number of amides is 2. The monoisotopic (exact) mass is 367 g/mol. The molecular weight excluding hydrogens is 338 g/mol. The van der Waals surface area contributed by atoms with Crippen molar-refractivity contribution in [3.05, 3.63) is 12.1 Å². The maximum Gasteiger partial charge on any atom is 0.321 e. The normalized spacial score (nSPS) is 14.8. The minimum Gasteiger partial charge on any atom is -0.493 e. The molecule has 1 aromatic carbocycles. The molecule has 0 unspecified atom stereocenters. The highest BCUT2D eigenvalue weighted by Gasteiger charge is 2.22. The molecule has 0 bridgehead atoms. The van der Waals surface area contributed by atoms with Crippen LogP contribution in [0.1, 0.15) is 6.42 Å². The molecule has 1 aliphatic heterocycles. The molecular formula is C18H29N3O5. The van der Waals surface area contributed by atoms with Gasteiger partial charge in [-0.1, -0.05) is 0 Å². The average Bonchev–Trinajstić information content (AvgIpc) is 2.67. The van der Waals surface area contributed by atoms with Gasteiger partial charge in [-0.05, 0) is 6.42 Å². The Hall–Kier alpha value is -2.19. The molecule has 0 saturated carbocycles. The van der Waals surface area contributed by atoms with E-state index in [1.807, 2.05) is 4.90 Å². The number of rotatable bonds is 8. The summed E-state index contributed by atoms with van der Waals surface area (Å²) in [5.74, 6) is 1.51. The smallest absolute Gasteiger partial charge is 0.321 e. The van der Waals surface area contributed by atoms with Crippen molar-refractivity contribution >= 4 is 11.7 Å². The highest BCUT2D eigenvalue weighted by molar-refractivity contribution is 5.90. The molecule has 1 fully saturated rings. The number of nitrogens with zero attached hydrogens (tertiary/aromatic N) is 2. The highest BCUT2D eigenvalue weighted by atomic mass is 16.5. The first-order chi connectivity index (χ1) is 12.6. The Balaban J connectivity index is 1.94. The molecule has 1 aromatic rings. The summed E-state index contributed by atoms with van der Waals surface area (Å²) in [6.45, 7) is 4.89. The maximum atomic E-state index is 12.6. The molecule has 8 heteroatoms. The summed E-state index contributed by atoms with van der Waals surface area (Å²) in [7, 11) is 6.35. The van der Waals surface area contributed by atoms with Crippen LogP contribution in [0.4, 0.5) is 10.5 Å². The van der Waals surface area contributed by atoms with Crippen LogP contribution in [0.3, 0.4) is 0 Å². The third-order valence-electron chi connectivity index (χ3n) is 4.40. The number of nitrogens with one attached hydrogen (secondary N) is 1. The molecule has 0 radical (unpaired) electrons. The second-order valence-electron chi connectivity index (χ2n) is 6.02. The molecule has 8 nitrogen and oxygen atoms in total. The molecule has 0 atom stereocenters. The Labute approximate surface area is 154 Å². The van der Waals surface area contributed by atoms with Crippen molar-refractivity contribution in [2.75, 3.05) is 73.1 Å². The van der Waals surface area contributed by atoms with Gasteiger partial charge >= 0.3 is 6.03 Å².